The van der Waals surface area contributed by atoms with E-state index in [1.165, 1.54) is 17.1 Å². The van der Waals surface area contributed by atoms with Crippen LogP contribution in [0, 0.1) is 0 Å². The van der Waals surface area contributed by atoms with Crippen LogP contribution in [0.2, 0.25) is 0 Å². The summed E-state index contributed by atoms with van der Waals surface area (Å²) in [6, 6.07) is 14.1. The summed E-state index contributed by atoms with van der Waals surface area (Å²) in [4.78, 5) is 15.8. The predicted octanol–water partition coefficient (Wildman–Crippen LogP) is 3.13. The molecule has 2 atom stereocenters. The Bertz CT molecular complexity index is 954. The lowest BCUT2D eigenvalue weighted by Gasteiger charge is -2.30. The Hall–Kier alpha value is -1.57. The lowest BCUT2D eigenvalue weighted by atomic mass is 10.1. The molecule has 0 radical (unpaired) electrons. The van der Waals surface area contributed by atoms with E-state index in [1.807, 2.05) is 18.2 Å². The van der Waals surface area contributed by atoms with E-state index in [0.29, 0.717) is 18.7 Å². The van der Waals surface area contributed by atoms with Crippen molar-refractivity contribution in [3.05, 3.63) is 42.5 Å². The van der Waals surface area contributed by atoms with Gasteiger partial charge >= 0.3 is 0 Å². The Morgan fingerprint density at radius 2 is 1.96 bits per heavy atom. The number of amides is 1. The van der Waals surface area contributed by atoms with Crippen molar-refractivity contribution in [3.63, 3.8) is 0 Å². The maximum Gasteiger partial charge on any atom is 0.233 e. The molecule has 0 N–H and O–H groups in total. The number of rotatable bonds is 6. The molecule has 2 saturated heterocycles. The number of hydrogen-bond donors (Lipinski definition) is 0. The lowest BCUT2D eigenvalue weighted by Crippen LogP contribution is -2.46. The monoisotopic (exact) mass is 419 g/mol. The second kappa shape index (κ2) is 8.43. The number of hydrogen-bond acceptors (Lipinski definition) is 5. The van der Waals surface area contributed by atoms with Crippen LogP contribution in [0.15, 0.2) is 47.4 Å². The molecule has 150 valence electrons. The van der Waals surface area contributed by atoms with Crippen molar-refractivity contribution in [1.29, 1.82) is 0 Å². The van der Waals surface area contributed by atoms with Gasteiger partial charge in [-0.3, -0.25) is 4.79 Å². The normalized spacial score (nSPS) is 23.9. The fourth-order valence-corrected chi connectivity index (χ4v) is 6.53. The molecule has 5 nitrogen and oxygen atoms in total. The van der Waals surface area contributed by atoms with Crippen LogP contribution < -0.4 is 0 Å². The number of carbonyl (C=O) groups excluding carboxylic acids is 1. The smallest absolute Gasteiger partial charge is 0.233 e. The van der Waals surface area contributed by atoms with Gasteiger partial charge in [0, 0.05) is 24.1 Å². The molecule has 0 bridgehead atoms. The van der Waals surface area contributed by atoms with Crippen molar-refractivity contribution in [1.82, 2.24) is 4.90 Å². The van der Waals surface area contributed by atoms with E-state index in [4.69, 9.17) is 4.74 Å². The molecule has 0 spiro atoms. The summed E-state index contributed by atoms with van der Waals surface area (Å²) >= 11 is 1.51. The molecule has 2 fully saturated rings. The third-order valence-electron chi connectivity index (χ3n) is 5.48. The number of thioether (sulfide) groups is 1. The molecular weight excluding hydrogens is 394 g/mol. The molecule has 0 saturated carbocycles. The molecule has 2 aromatic rings. The predicted molar refractivity (Wildman–Crippen MR) is 112 cm³/mol. The highest BCUT2D eigenvalue weighted by Crippen LogP contribution is 2.26. The van der Waals surface area contributed by atoms with Crippen LogP contribution >= 0.6 is 11.8 Å². The Labute approximate surface area is 170 Å². The average Bonchev–Trinajstić information content (AvgIpc) is 3.33. The zero-order valence-electron chi connectivity index (χ0n) is 15.7. The van der Waals surface area contributed by atoms with Crippen molar-refractivity contribution >= 4 is 38.3 Å². The fourth-order valence-electron chi connectivity index (χ4n) is 3.97. The van der Waals surface area contributed by atoms with Crippen LogP contribution in [0.1, 0.15) is 19.3 Å². The number of nitrogens with zero attached hydrogens (tertiary/aromatic N) is 1. The van der Waals surface area contributed by atoms with Gasteiger partial charge in [-0.15, -0.1) is 11.8 Å². The van der Waals surface area contributed by atoms with Gasteiger partial charge < -0.3 is 9.64 Å². The minimum atomic E-state index is -3.04. The van der Waals surface area contributed by atoms with Gasteiger partial charge in [0.2, 0.25) is 5.91 Å². The van der Waals surface area contributed by atoms with E-state index in [9.17, 15) is 13.2 Å². The molecule has 2 heterocycles. The minimum absolute atomic E-state index is 0.00393. The van der Waals surface area contributed by atoms with Gasteiger partial charge in [0.15, 0.2) is 9.84 Å². The number of benzene rings is 2. The van der Waals surface area contributed by atoms with Crippen molar-refractivity contribution in [2.24, 2.45) is 0 Å². The molecule has 7 heteroatoms. The molecular formula is C21H25NO4S2. The molecule has 4 rings (SSSR count). The van der Waals surface area contributed by atoms with Crippen LogP contribution in [-0.4, -0.2) is 61.8 Å². The van der Waals surface area contributed by atoms with E-state index in [1.54, 1.807) is 4.90 Å². The summed E-state index contributed by atoms with van der Waals surface area (Å²) in [7, 11) is -3.04. The first kappa shape index (κ1) is 19.7. The zero-order chi connectivity index (χ0) is 19.6. The second-order valence-electron chi connectivity index (χ2n) is 7.54. The summed E-state index contributed by atoms with van der Waals surface area (Å²) in [6.07, 6.45) is 2.49. The largest absolute Gasteiger partial charge is 0.376 e. The minimum Gasteiger partial charge on any atom is -0.376 e. The van der Waals surface area contributed by atoms with Crippen LogP contribution in [0.25, 0.3) is 10.8 Å². The van der Waals surface area contributed by atoms with Crippen molar-refractivity contribution < 1.29 is 17.9 Å². The zero-order valence-corrected chi connectivity index (χ0v) is 17.4. The maximum atomic E-state index is 13.0. The van der Waals surface area contributed by atoms with Gasteiger partial charge in [0.25, 0.3) is 0 Å². The van der Waals surface area contributed by atoms with Crippen molar-refractivity contribution in [2.45, 2.75) is 36.3 Å². The third kappa shape index (κ3) is 4.70. The first-order valence-corrected chi connectivity index (χ1v) is 12.5. The summed E-state index contributed by atoms with van der Waals surface area (Å²) < 4.78 is 29.6. The van der Waals surface area contributed by atoms with Crippen molar-refractivity contribution in [3.8, 4) is 0 Å². The van der Waals surface area contributed by atoms with Gasteiger partial charge in [0.05, 0.1) is 23.4 Å². The standard InChI is InChI=1S/C21H25NO4S2/c23-21(14-27-20-8-7-16-4-1-2-5-17(16)12-20)22(13-19-6-3-10-26-19)18-9-11-28(24,25)15-18/h1-2,4-5,7-8,12,18-19H,3,6,9-11,13-15H2. The summed E-state index contributed by atoms with van der Waals surface area (Å²) in [5, 5.41) is 2.33. The topological polar surface area (TPSA) is 63.7 Å². The molecule has 2 aliphatic rings. The highest BCUT2D eigenvalue weighted by molar-refractivity contribution is 8.00. The maximum absolute atomic E-state index is 13.0. The van der Waals surface area contributed by atoms with Crippen LogP contribution in [-0.2, 0) is 19.4 Å². The SMILES string of the molecule is O=C(CSc1ccc2ccccc2c1)N(CC1CCCO1)C1CCS(=O)(=O)C1. The molecule has 0 aliphatic carbocycles. The number of carbonyl (C=O) groups is 1. The average molecular weight is 420 g/mol. The molecule has 1 amide bonds. The Morgan fingerprint density at radius 1 is 1.14 bits per heavy atom. The lowest BCUT2D eigenvalue weighted by molar-refractivity contribution is -0.131. The molecule has 2 unspecified atom stereocenters. The van der Waals surface area contributed by atoms with Gasteiger partial charge in [-0.25, -0.2) is 8.42 Å². The van der Waals surface area contributed by atoms with Crippen LogP contribution in [0.3, 0.4) is 0 Å². The third-order valence-corrected chi connectivity index (χ3v) is 8.21. The number of fused-ring (bicyclic) bond motifs is 1. The second-order valence-corrected chi connectivity index (χ2v) is 10.8. The highest BCUT2D eigenvalue weighted by Gasteiger charge is 2.36. The Kier molecular flexibility index (Phi) is 5.94. The summed E-state index contributed by atoms with van der Waals surface area (Å²) in [5.41, 5.74) is 0. The van der Waals surface area contributed by atoms with E-state index in [0.717, 1.165) is 29.7 Å². The van der Waals surface area contributed by atoms with Crippen LogP contribution in [0.4, 0.5) is 0 Å². The summed E-state index contributed by atoms with van der Waals surface area (Å²) in [5.74, 6) is 0.550. The van der Waals surface area contributed by atoms with E-state index in [2.05, 4.69) is 24.3 Å². The van der Waals surface area contributed by atoms with Crippen molar-refractivity contribution in [2.75, 3.05) is 30.4 Å². The number of sulfone groups is 1. The van der Waals surface area contributed by atoms with E-state index in [-0.39, 0.29) is 29.6 Å². The van der Waals surface area contributed by atoms with Gasteiger partial charge in [-0.05, 0) is 42.2 Å². The first-order valence-electron chi connectivity index (χ1n) is 9.73. The molecule has 2 aromatic carbocycles. The first-order chi connectivity index (χ1) is 13.5. The van der Waals surface area contributed by atoms with Crippen LogP contribution in [0.5, 0.6) is 0 Å². The Morgan fingerprint density at radius 3 is 2.68 bits per heavy atom. The van der Waals surface area contributed by atoms with E-state index >= 15 is 0 Å². The van der Waals surface area contributed by atoms with Gasteiger partial charge in [-0.1, -0.05) is 30.3 Å². The quantitative estimate of drug-likeness (QED) is 0.673. The Balaban J connectivity index is 1.44. The van der Waals surface area contributed by atoms with Gasteiger partial charge in [0.1, 0.15) is 0 Å². The molecule has 2 aliphatic heterocycles. The highest BCUT2D eigenvalue weighted by atomic mass is 32.2. The van der Waals surface area contributed by atoms with E-state index < -0.39 is 9.84 Å². The molecule has 0 aromatic heterocycles. The fraction of sp³-hybridized carbons (Fsp3) is 0.476. The number of ether oxygens (including phenoxy) is 1. The van der Waals surface area contributed by atoms with Gasteiger partial charge in [-0.2, -0.15) is 0 Å². The molecule has 28 heavy (non-hydrogen) atoms. The summed E-state index contributed by atoms with van der Waals surface area (Å²) in [6.45, 7) is 1.22.